The number of esters is 2. The molecule has 1 aliphatic rings. The Morgan fingerprint density at radius 3 is 2.14 bits per heavy atom. The van der Waals surface area contributed by atoms with E-state index in [1.54, 1.807) is 13.8 Å². The van der Waals surface area contributed by atoms with Crippen LogP contribution in [-0.4, -0.2) is 36.4 Å². The molecule has 166 valence electrons. The Balaban J connectivity index is 2.59. The van der Waals surface area contributed by atoms with E-state index in [0.717, 1.165) is 18.8 Å². The van der Waals surface area contributed by atoms with Gasteiger partial charge in [-0.3, -0.25) is 0 Å². The van der Waals surface area contributed by atoms with Gasteiger partial charge in [-0.15, -0.1) is 0 Å². The molecule has 1 aliphatic carbocycles. The lowest BCUT2D eigenvalue weighted by Crippen LogP contribution is -2.31. The minimum Gasteiger partial charge on any atom is -0.462 e. The molecule has 2 unspecified atom stereocenters. The normalized spacial score (nSPS) is 21.1. The molecule has 0 amide bonds. The second-order valence-corrected chi connectivity index (χ2v) is 8.67. The van der Waals surface area contributed by atoms with Gasteiger partial charge in [0.15, 0.2) is 0 Å². The smallest absolute Gasteiger partial charge is 0.333 e. The third kappa shape index (κ3) is 10.1. The van der Waals surface area contributed by atoms with Gasteiger partial charge in [0, 0.05) is 23.5 Å². The van der Waals surface area contributed by atoms with E-state index < -0.39 is 18.0 Å². The molecule has 0 saturated heterocycles. The van der Waals surface area contributed by atoms with E-state index in [2.05, 4.69) is 20.1 Å². The van der Waals surface area contributed by atoms with Gasteiger partial charge in [0.1, 0.15) is 0 Å². The van der Waals surface area contributed by atoms with Gasteiger partial charge >= 0.3 is 11.9 Å². The third-order valence-electron chi connectivity index (χ3n) is 5.81. The van der Waals surface area contributed by atoms with Crippen molar-refractivity contribution >= 4 is 11.9 Å². The molecule has 0 radical (unpaired) electrons. The van der Waals surface area contributed by atoms with Gasteiger partial charge in [0.25, 0.3) is 0 Å². The Morgan fingerprint density at radius 2 is 1.62 bits per heavy atom. The van der Waals surface area contributed by atoms with Crippen molar-refractivity contribution in [1.82, 2.24) is 0 Å². The molecule has 0 bridgehead atoms. The Labute approximate surface area is 176 Å². The molecule has 5 heteroatoms. The van der Waals surface area contributed by atoms with Crippen LogP contribution in [0.4, 0.5) is 0 Å². The van der Waals surface area contributed by atoms with Crippen LogP contribution in [0.25, 0.3) is 0 Å². The number of carbonyl (C=O) groups is 2. The van der Waals surface area contributed by atoms with Crippen LogP contribution in [0.15, 0.2) is 24.3 Å². The summed E-state index contributed by atoms with van der Waals surface area (Å²) in [4.78, 5) is 24.0. The molecule has 5 nitrogen and oxygen atoms in total. The minimum absolute atomic E-state index is 0.0295. The fourth-order valence-corrected chi connectivity index (χ4v) is 3.98. The molecular formula is C24H40O5. The first-order valence-corrected chi connectivity index (χ1v) is 11.1. The lowest BCUT2D eigenvalue weighted by atomic mass is 9.75. The lowest BCUT2D eigenvalue weighted by Gasteiger charge is -2.33. The zero-order chi connectivity index (χ0) is 21.8. The summed E-state index contributed by atoms with van der Waals surface area (Å²) in [5, 5.41) is 9.42. The largest absolute Gasteiger partial charge is 0.462 e. The van der Waals surface area contributed by atoms with Crippen molar-refractivity contribution in [3.8, 4) is 0 Å². The summed E-state index contributed by atoms with van der Waals surface area (Å²) in [6.07, 6.45) is 9.20. The molecule has 1 saturated carbocycles. The number of hydrogen-bond acceptors (Lipinski definition) is 5. The molecule has 2 atom stereocenters. The Hall–Kier alpha value is -1.62. The highest BCUT2D eigenvalue weighted by molar-refractivity contribution is 5.88. The van der Waals surface area contributed by atoms with Gasteiger partial charge in [0.2, 0.25) is 0 Å². The SMILES string of the molecule is C=C(C)C(=O)OCC(COC(=O)C(=C)CC(C)O)C1CCC(CCCCC)CC1. The molecule has 1 N–H and O–H groups in total. The van der Waals surface area contributed by atoms with Crippen LogP contribution < -0.4 is 0 Å². The summed E-state index contributed by atoms with van der Waals surface area (Å²) in [6.45, 7) is 13.2. The van der Waals surface area contributed by atoms with Crippen LogP contribution >= 0.6 is 0 Å². The first-order valence-electron chi connectivity index (χ1n) is 11.1. The molecule has 0 aromatic carbocycles. The van der Waals surface area contributed by atoms with Crippen molar-refractivity contribution < 1.29 is 24.2 Å². The van der Waals surface area contributed by atoms with Crippen LogP contribution in [0.2, 0.25) is 0 Å². The van der Waals surface area contributed by atoms with Gasteiger partial charge in [0.05, 0.1) is 19.3 Å². The number of ether oxygens (including phenoxy) is 2. The van der Waals surface area contributed by atoms with Gasteiger partial charge in [-0.1, -0.05) is 58.6 Å². The van der Waals surface area contributed by atoms with Crippen molar-refractivity contribution in [2.24, 2.45) is 17.8 Å². The van der Waals surface area contributed by atoms with E-state index in [1.165, 1.54) is 38.5 Å². The minimum atomic E-state index is -0.634. The van der Waals surface area contributed by atoms with Crippen LogP contribution in [0, 0.1) is 17.8 Å². The highest BCUT2D eigenvalue weighted by Gasteiger charge is 2.30. The summed E-state index contributed by atoms with van der Waals surface area (Å²) < 4.78 is 10.8. The standard InChI is InChI=1S/C24H40O5/c1-6-7-8-9-20-10-12-21(13-11-20)22(15-28-23(26)17(2)3)16-29-24(27)18(4)14-19(5)25/h19-22,25H,2,4,6-16H2,1,3,5H3. The molecule has 0 spiro atoms. The van der Waals surface area contributed by atoms with Crippen LogP contribution in [0.3, 0.4) is 0 Å². The Bertz CT molecular complexity index is 543. The van der Waals surface area contributed by atoms with Gasteiger partial charge in [-0.05, 0) is 38.5 Å². The molecule has 0 aromatic heterocycles. The van der Waals surface area contributed by atoms with E-state index in [1.807, 2.05) is 0 Å². The number of unbranched alkanes of at least 4 members (excludes halogenated alkanes) is 2. The summed E-state index contributed by atoms with van der Waals surface area (Å²) in [6, 6.07) is 0. The molecule has 1 rings (SSSR count). The third-order valence-corrected chi connectivity index (χ3v) is 5.81. The number of hydrogen-bond donors (Lipinski definition) is 1. The van der Waals surface area contributed by atoms with Crippen LogP contribution in [0.1, 0.15) is 78.6 Å². The molecule has 29 heavy (non-hydrogen) atoms. The number of aliphatic hydroxyl groups is 1. The summed E-state index contributed by atoms with van der Waals surface area (Å²) in [5.74, 6) is 0.222. The van der Waals surface area contributed by atoms with Gasteiger partial charge in [-0.2, -0.15) is 0 Å². The lowest BCUT2D eigenvalue weighted by molar-refractivity contribution is -0.146. The van der Waals surface area contributed by atoms with E-state index >= 15 is 0 Å². The van der Waals surface area contributed by atoms with Crippen molar-refractivity contribution in [2.75, 3.05) is 13.2 Å². The number of rotatable bonds is 13. The first kappa shape index (κ1) is 25.4. The highest BCUT2D eigenvalue weighted by Crippen LogP contribution is 2.36. The predicted molar refractivity (Wildman–Crippen MR) is 115 cm³/mol. The Kier molecular flexibility index (Phi) is 11.9. The van der Waals surface area contributed by atoms with E-state index in [0.29, 0.717) is 11.5 Å². The number of carbonyl (C=O) groups excluding carboxylic acids is 2. The van der Waals surface area contributed by atoms with Crippen molar-refractivity contribution in [1.29, 1.82) is 0 Å². The molecule has 0 aliphatic heterocycles. The predicted octanol–water partition coefficient (Wildman–Crippen LogP) is 4.98. The van der Waals surface area contributed by atoms with Crippen molar-refractivity contribution in [2.45, 2.75) is 84.7 Å². The summed E-state index contributed by atoms with van der Waals surface area (Å²) in [5.41, 5.74) is 0.628. The van der Waals surface area contributed by atoms with Crippen LogP contribution in [-0.2, 0) is 19.1 Å². The average molecular weight is 409 g/mol. The maximum Gasteiger partial charge on any atom is 0.333 e. The second-order valence-electron chi connectivity index (χ2n) is 8.67. The van der Waals surface area contributed by atoms with Gasteiger partial charge < -0.3 is 14.6 Å². The fraction of sp³-hybridized carbons (Fsp3) is 0.750. The second kappa shape index (κ2) is 13.6. The zero-order valence-electron chi connectivity index (χ0n) is 18.6. The maximum absolute atomic E-state index is 12.2. The van der Waals surface area contributed by atoms with E-state index in [-0.39, 0.29) is 31.1 Å². The molecule has 0 aromatic rings. The maximum atomic E-state index is 12.2. The molecule has 1 fully saturated rings. The van der Waals surface area contributed by atoms with Crippen LogP contribution in [0.5, 0.6) is 0 Å². The highest BCUT2D eigenvalue weighted by atomic mass is 16.5. The van der Waals surface area contributed by atoms with Crippen molar-refractivity contribution in [3.63, 3.8) is 0 Å². The summed E-state index contributed by atoms with van der Waals surface area (Å²) >= 11 is 0. The van der Waals surface area contributed by atoms with Gasteiger partial charge in [-0.25, -0.2) is 9.59 Å². The zero-order valence-corrected chi connectivity index (χ0v) is 18.6. The molecule has 0 heterocycles. The van der Waals surface area contributed by atoms with E-state index in [9.17, 15) is 14.7 Å². The topological polar surface area (TPSA) is 72.8 Å². The van der Waals surface area contributed by atoms with Crippen molar-refractivity contribution in [3.05, 3.63) is 24.3 Å². The first-order chi connectivity index (χ1) is 13.7. The monoisotopic (exact) mass is 408 g/mol. The Morgan fingerprint density at radius 1 is 1.03 bits per heavy atom. The summed E-state index contributed by atoms with van der Waals surface area (Å²) in [7, 11) is 0. The fourth-order valence-electron chi connectivity index (χ4n) is 3.98. The molecular weight excluding hydrogens is 368 g/mol. The quantitative estimate of drug-likeness (QED) is 0.264. The number of aliphatic hydroxyl groups excluding tert-OH is 1. The average Bonchev–Trinajstić information content (AvgIpc) is 2.67. The van der Waals surface area contributed by atoms with E-state index in [4.69, 9.17) is 9.47 Å².